The summed E-state index contributed by atoms with van der Waals surface area (Å²) in [6.07, 6.45) is 8.57. The maximum Gasteiger partial charge on any atom is 0.243 e. The van der Waals surface area contributed by atoms with Gasteiger partial charge in [0.25, 0.3) is 0 Å². The molecule has 0 heterocycles. The summed E-state index contributed by atoms with van der Waals surface area (Å²) in [5.41, 5.74) is 0. The van der Waals surface area contributed by atoms with Crippen molar-refractivity contribution in [3.8, 4) is 0 Å². The van der Waals surface area contributed by atoms with Crippen molar-refractivity contribution >= 4 is 5.91 Å². The highest BCUT2D eigenvalue weighted by Crippen LogP contribution is 2.27. The van der Waals surface area contributed by atoms with Crippen molar-refractivity contribution in [2.45, 2.75) is 45.6 Å². The number of allylic oxidation sites excluding steroid dienone is 1. The Hall–Kier alpha value is -0.790. The molecule has 1 fully saturated rings. The first-order valence-electron chi connectivity index (χ1n) is 5.17. The molecule has 1 unspecified atom stereocenters. The fourth-order valence-corrected chi connectivity index (χ4v) is 2.00. The summed E-state index contributed by atoms with van der Waals surface area (Å²) >= 11 is 0. The molecule has 0 spiro atoms. The molecule has 0 aromatic carbocycles. The molecular weight excluding hydrogens is 162 g/mol. The monoisotopic (exact) mass is 181 g/mol. The highest BCUT2D eigenvalue weighted by atomic mass is 16.1. The van der Waals surface area contributed by atoms with Gasteiger partial charge in [0, 0.05) is 6.04 Å². The number of amides is 1. The van der Waals surface area contributed by atoms with Crippen LogP contribution >= 0.6 is 0 Å². The zero-order chi connectivity index (χ0) is 9.68. The normalized spacial score (nSPS) is 20.8. The molecule has 0 saturated heterocycles. The van der Waals surface area contributed by atoms with E-state index >= 15 is 0 Å². The summed E-state index contributed by atoms with van der Waals surface area (Å²) in [5, 5.41) is 3.00. The van der Waals surface area contributed by atoms with Gasteiger partial charge in [-0.15, -0.1) is 0 Å². The topological polar surface area (TPSA) is 29.1 Å². The molecule has 1 aliphatic rings. The molecule has 0 aliphatic heterocycles. The Kier molecular flexibility index (Phi) is 4.00. The number of carbonyl (C=O) groups is 1. The minimum Gasteiger partial charge on any atom is -0.350 e. The smallest absolute Gasteiger partial charge is 0.243 e. The fourth-order valence-electron chi connectivity index (χ4n) is 2.00. The van der Waals surface area contributed by atoms with E-state index in [1.165, 1.54) is 25.7 Å². The van der Waals surface area contributed by atoms with Crippen LogP contribution in [-0.4, -0.2) is 11.9 Å². The van der Waals surface area contributed by atoms with Crippen molar-refractivity contribution in [1.82, 2.24) is 5.32 Å². The third-order valence-corrected chi connectivity index (χ3v) is 2.79. The van der Waals surface area contributed by atoms with Crippen LogP contribution < -0.4 is 5.32 Å². The van der Waals surface area contributed by atoms with Crippen LogP contribution in [0, 0.1) is 5.92 Å². The Labute approximate surface area is 80.4 Å². The minimum absolute atomic E-state index is 0.0434. The van der Waals surface area contributed by atoms with E-state index in [2.05, 4.69) is 12.2 Å². The molecule has 1 saturated carbocycles. The van der Waals surface area contributed by atoms with Crippen LogP contribution in [-0.2, 0) is 4.79 Å². The lowest BCUT2D eigenvalue weighted by Crippen LogP contribution is -2.36. The average molecular weight is 181 g/mol. The maximum absolute atomic E-state index is 11.2. The highest BCUT2D eigenvalue weighted by Gasteiger charge is 2.21. The third-order valence-electron chi connectivity index (χ3n) is 2.79. The second-order valence-corrected chi connectivity index (χ2v) is 3.84. The molecule has 2 nitrogen and oxygen atoms in total. The fraction of sp³-hybridized carbons (Fsp3) is 0.727. The molecule has 74 valence electrons. The summed E-state index contributed by atoms with van der Waals surface area (Å²) in [6.45, 7) is 3.97. The zero-order valence-corrected chi connectivity index (χ0v) is 8.55. The average Bonchev–Trinajstić information content (AvgIpc) is 2.55. The minimum atomic E-state index is 0.0434. The Morgan fingerprint density at radius 2 is 2.08 bits per heavy atom. The molecule has 1 N–H and O–H groups in total. The third kappa shape index (κ3) is 3.21. The first kappa shape index (κ1) is 10.3. The number of nitrogens with one attached hydrogen (secondary N) is 1. The predicted octanol–water partition coefficient (Wildman–Crippen LogP) is 2.26. The van der Waals surface area contributed by atoms with Crippen LogP contribution in [0.15, 0.2) is 12.2 Å². The van der Waals surface area contributed by atoms with Gasteiger partial charge in [-0.3, -0.25) is 4.79 Å². The Bertz CT molecular complexity index is 192. The van der Waals surface area contributed by atoms with Gasteiger partial charge in [0.05, 0.1) is 0 Å². The molecule has 0 aromatic heterocycles. The molecule has 0 aromatic rings. The molecule has 1 aliphatic carbocycles. The number of hydrogen-bond acceptors (Lipinski definition) is 1. The lowest BCUT2D eigenvalue weighted by Gasteiger charge is -2.19. The largest absolute Gasteiger partial charge is 0.350 e. The van der Waals surface area contributed by atoms with Crippen molar-refractivity contribution < 1.29 is 4.79 Å². The molecule has 2 heteroatoms. The van der Waals surface area contributed by atoms with E-state index in [-0.39, 0.29) is 5.91 Å². The van der Waals surface area contributed by atoms with E-state index in [9.17, 15) is 4.79 Å². The van der Waals surface area contributed by atoms with E-state index in [1.807, 2.05) is 6.92 Å². The van der Waals surface area contributed by atoms with E-state index < -0.39 is 0 Å². The zero-order valence-electron chi connectivity index (χ0n) is 8.55. The lowest BCUT2D eigenvalue weighted by molar-refractivity contribution is -0.117. The predicted molar refractivity (Wildman–Crippen MR) is 54.4 cm³/mol. The van der Waals surface area contributed by atoms with Gasteiger partial charge in [-0.05, 0) is 38.7 Å². The summed E-state index contributed by atoms with van der Waals surface area (Å²) < 4.78 is 0. The van der Waals surface area contributed by atoms with Crippen molar-refractivity contribution in [2.75, 3.05) is 0 Å². The van der Waals surface area contributed by atoms with Crippen LogP contribution in [0.25, 0.3) is 0 Å². The van der Waals surface area contributed by atoms with Crippen molar-refractivity contribution in [3.63, 3.8) is 0 Å². The standard InChI is InChI=1S/C11H19NO/c1-3-6-11(13)12-9(2)10-7-4-5-8-10/h3,6,9-10H,4-5,7-8H2,1-2H3,(H,12,13). The van der Waals surface area contributed by atoms with Crippen LogP contribution in [0.5, 0.6) is 0 Å². The molecular formula is C11H19NO. The van der Waals surface area contributed by atoms with Crippen LogP contribution in [0.1, 0.15) is 39.5 Å². The number of carbonyl (C=O) groups excluding carboxylic acids is 1. The van der Waals surface area contributed by atoms with Crippen LogP contribution in [0.2, 0.25) is 0 Å². The summed E-state index contributed by atoms with van der Waals surface area (Å²) in [4.78, 5) is 11.2. The quantitative estimate of drug-likeness (QED) is 0.665. The van der Waals surface area contributed by atoms with Gasteiger partial charge in [-0.2, -0.15) is 0 Å². The van der Waals surface area contributed by atoms with Gasteiger partial charge in [-0.25, -0.2) is 0 Å². The highest BCUT2D eigenvalue weighted by molar-refractivity contribution is 5.87. The Morgan fingerprint density at radius 1 is 1.46 bits per heavy atom. The molecule has 13 heavy (non-hydrogen) atoms. The van der Waals surface area contributed by atoms with E-state index in [0.29, 0.717) is 12.0 Å². The second-order valence-electron chi connectivity index (χ2n) is 3.84. The van der Waals surface area contributed by atoms with Crippen molar-refractivity contribution in [2.24, 2.45) is 5.92 Å². The van der Waals surface area contributed by atoms with E-state index in [4.69, 9.17) is 0 Å². The number of rotatable bonds is 3. The first-order chi connectivity index (χ1) is 6.24. The number of hydrogen-bond donors (Lipinski definition) is 1. The summed E-state index contributed by atoms with van der Waals surface area (Å²) in [6, 6.07) is 0.339. The second kappa shape index (κ2) is 5.05. The Balaban J connectivity index is 2.30. The molecule has 1 rings (SSSR count). The summed E-state index contributed by atoms with van der Waals surface area (Å²) in [5.74, 6) is 0.746. The van der Waals surface area contributed by atoms with E-state index in [1.54, 1.807) is 12.2 Å². The molecule has 0 radical (unpaired) electrons. The molecule has 1 atom stereocenters. The van der Waals surface area contributed by atoms with Gasteiger partial charge < -0.3 is 5.32 Å². The van der Waals surface area contributed by atoms with Crippen molar-refractivity contribution in [3.05, 3.63) is 12.2 Å². The SMILES string of the molecule is CC=CC(=O)NC(C)C1CCCC1. The van der Waals surface area contributed by atoms with Crippen LogP contribution in [0.3, 0.4) is 0 Å². The lowest BCUT2D eigenvalue weighted by atomic mass is 10.00. The van der Waals surface area contributed by atoms with Gasteiger partial charge in [0.15, 0.2) is 0 Å². The Morgan fingerprint density at radius 3 is 2.62 bits per heavy atom. The maximum atomic E-state index is 11.2. The molecule has 1 amide bonds. The molecule has 0 bridgehead atoms. The van der Waals surface area contributed by atoms with Gasteiger partial charge in [0.1, 0.15) is 0 Å². The van der Waals surface area contributed by atoms with Gasteiger partial charge >= 0.3 is 0 Å². The van der Waals surface area contributed by atoms with Crippen LogP contribution in [0.4, 0.5) is 0 Å². The van der Waals surface area contributed by atoms with E-state index in [0.717, 1.165) is 0 Å². The summed E-state index contributed by atoms with van der Waals surface area (Å²) in [7, 11) is 0. The van der Waals surface area contributed by atoms with Gasteiger partial charge in [-0.1, -0.05) is 18.9 Å². The first-order valence-corrected chi connectivity index (χ1v) is 5.17. The van der Waals surface area contributed by atoms with Crippen molar-refractivity contribution in [1.29, 1.82) is 0 Å². The van der Waals surface area contributed by atoms with Gasteiger partial charge in [0.2, 0.25) is 5.91 Å².